The van der Waals surface area contributed by atoms with Crippen LogP contribution in [0, 0.1) is 17.2 Å². The Balaban J connectivity index is 1.95. The highest BCUT2D eigenvalue weighted by atomic mass is 16.1. The van der Waals surface area contributed by atoms with Crippen LogP contribution in [0.5, 0.6) is 0 Å². The lowest BCUT2D eigenvalue weighted by atomic mass is 9.86. The molecule has 0 radical (unpaired) electrons. The highest BCUT2D eigenvalue weighted by Gasteiger charge is 2.19. The van der Waals surface area contributed by atoms with E-state index in [9.17, 15) is 4.79 Å². The molecular weight excluding hydrogens is 248 g/mol. The second-order valence-electron chi connectivity index (χ2n) is 5.83. The Bertz CT molecular complexity index is 549. The zero-order valence-corrected chi connectivity index (χ0v) is 12.0. The van der Waals surface area contributed by atoms with Crippen molar-refractivity contribution in [2.45, 2.75) is 38.5 Å². The Labute approximate surface area is 120 Å². The molecule has 0 saturated heterocycles. The van der Waals surface area contributed by atoms with Crippen molar-refractivity contribution in [3.05, 3.63) is 42.0 Å². The molecule has 0 spiro atoms. The Morgan fingerprint density at radius 1 is 1.40 bits per heavy atom. The molecule has 20 heavy (non-hydrogen) atoms. The Morgan fingerprint density at radius 3 is 2.65 bits per heavy atom. The summed E-state index contributed by atoms with van der Waals surface area (Å²) in [4.78, 5) is 11.9. The number of amides is 1. The molecule has 0 saturated carbocycles. The van der Waals surface area contributed by atoms with Crippen LogP contribution in [-0.2, 0) is 10.2 Å². The topological polar surface area (TPSA) is 52.9 Å². The third kappa shape index (κ3) is 3.48. The number of hydrogen-bond donors (Lipinski definition) is 1. The monoisotopic (exact) mass is 268 g/mol. The average Bonchev–Trinajstić information content (AvgIpc) is 2.92. The SMILES string of the molecule is CC(C)(C#N)c1ccc(NC(=O)C[C@@H]2C=CCC2)cc1. The van der Waals surface area contributed by atoms with E-state index in [1.165, 1.54) is 0 Å². The molecule has 1 aliphatic carbocycles. The molecule has 1 amide bonds. The lowest BCUT2D eigenvalue weighted by molar-refractivity contribution is -0.116. The molecule has 0 heterocycles. The van der Waals surface area contributed by atoms with Crippen molar-refractivity contribution in [1.82, 2.24) is 0 Å². The number of benzene rings is 1. The average molecular weight is 268 g/mol. The molecule has 0 aromatic heterocycles. The summed E-state index contributed by atoms with van der Waals surface area (Å²) in [7, 11) is 0. The van der Waals surface area contributed by atoms with Crippen molar-refractivity contribution in [3.8, 4) is 6.07 Å². The second kappa shape index (κ2) is 5.92. The van der Waals surface area contributed by atoms with E-state index >= 15 is 0 Å². The minimum absolute atomic E-state index is 0.0499. The molecule has 3 nitrogen and oxygen atoms in total. The molecule has 0 fully saturated rings. The smallest absolute Gasteiger partial charge is 0.224 e. The van der Waals surface area contributed by atoms with Crippen LogP contribution >= 0.6 is 0 Å². The van der Waals surface area contributed by atoms with Crippen molar-refractivity contribution in [2.24, 2.45) is 5.92 Å². The summed E-state index contributed by atoms with van der Waals surface area (Å²) in [6, 6.07) is 9.78. The van der Waals surface area contributed by atoms with Crippen LogP contribution in [0.4, 0.5) is 5.69 Å². The number of nitrogens with one attached hydrogen (secondary N) is 1. The molecule has 104 valence electrons. The van der Waals surface area contributed by atoms with Gasteiger partial charge in [0, 0.05) is 12.1 Å². The maximum absolute atomic E-state index is 11.9. The van der Waals surface area contributed by atoms with Crippen LogP contribution in [0.2, 0.25) is 0 Å². The van der Waals surface area contributed by atoms with Crippen LogP contribution in [0.25, 0.3) is 0 Å². The first kappa shape index (κ1) is 14.3. The van der Waals surface area contributed by atoms with Crippen LogP contribution in [0.1, 0.15) is 38.7 Å². The third-order valence-corrected chi connectivity index (χ3v) is 3.73. The summed E-state index contributed by atoms with van der Waals surface area (Å²) in [5.74, 6) is 0.431. The van der Waals surface area contributed by atoms with Gasteiger partial charge >= 0.3 is 0 Å². The van der Waals surface area contributed by atoms with Gasteiger partial charge in [-0.1, -0.05) is 24.3 Å². The second-order valence-corrected chi connectivity index (χ2v) is 5.83. The van der Waals surface area contributed by atoms with E-state index in [0.717, 1.165) is 24.1 Å². The summed E-state index contributed by atoms with van der Waals surface area (Å²) in [6.45, 7) is 3.76. The number of allylic oxidation sites excluding steroid dienone is 2. The van der Waals surface area contributed by atoms with Gasteiger partial charge in [-0.2, -0.15) is 5.26 Å². The number of carbonyl (C=O) groups is 1. The van der Waals surface area contributed by atoms with Crippen LogP contribution < -0.4 is 5.32 Å². The molecule has 1 atom stereocenters. The Hall–Kier alpha value is -2.08. The van der Waals surface area contributed by atoms with Crippen LogP contribution in [-0.4, -0.2) is 5.91 Å². The molecule has 3 heteroatoms. The highest BCUT2D eigenvalue weighted by molar-refractivity contribution is 5.91. The zero-order chi connectivity index (χ0) is 14.6. The van der Waals surface area contributed by atoms with E-state index in [1.54, 1.807) is 0 Å². The maximum atomic E-state index is 11.9. The fraction of sp³-hybridized carbons (Fsp3) is 0.412. The zero-order valence-electron chi connectivity index (χ0n) is 12.0. The van der Waals surface area contributed by atoms with Gasteiger partial charge in [0.15, 0.2) is 0 Å². The Kier molecular flexibility index (Phi) is 4.24. The van der Waals surface area contributed by atoms with Gasteiger partial charge < -0.3 is 5.32 Å². The first-order valence-electron chi connectivity index (χ1n) is 6.99. The number of nitriles is 1. The number of rotatable bonds is 4. The van der Waals surface area contributed by atoms with Crippen molar-refractivity contribution >= 4 is 11.6 Å². The van der Waals surface area contributed by atoms with Crippen LogP contribution in [0.15, 0.2) is 36.4 Å². The molecule has 2 rings (SSSR count). The van der Waals surface area contributed by atoms with Gasteiger partial charge in [0.1, 0.15) is 0 Å². The first-order valence-corrected chi connectivity index (χ1v) is 6.99. The van der Waals surface area contributed by atoms with Crippen molar-refractivity contribution < 1.29 is 4.79 Å². The van der Waals surface area contributed by atoms with Gasteiger partial charge in [0.25, 0.3) is 0 Å². The quantitative estimate of drug-likeness (QED) is 0.845. The summed E-state index contributed by atoms with van der Waals surface area (Å²) < 4.78 is 0. The molecule has 1 N–H and O–H groups in total. The van der Waals surface area contributed by atoms with Gasteiger partial charge in [0.2, 0.25) is 5.91 Å². The first-order chi connectivity index (χ1) is 9.51. The predicted molar refractivity (Wildman–Crippen MR) is 80.2 cm³/mol. The standard InChI is InChI=1S/C17H20N2O/c1-17(2,12-18)14-7-9-15(10-8-14)19-16(20)11-13-5-3-4-6-13/h3,5,7-10,13H,4,6,11H2,1-2H3,(H,19,20)/t13-/m1/s1. The summed E-state index contributed by atoms with van der Waals surface area (Å²) in [5.41, 5.74) is 1.24. The molecule has 0 unspecified atom stereocenters. The minimum atomic E-state index is -0.503. The van der Waals surface area contributed by atoms with E-state index in [2.05, 4.69) is 23.5 Å². The van der Waals surface area contributed by atoms with E-state index < -0.39 is 5.41 Å². The summed E-state index contributed by atoms with van der Waals surface area (Å²) in [5, 5.41) is 12.0. The number of carbonyl (C=O) groups excluding carboxylic acids is 1. The lowest BCUT2D eigenvalue weighted by Gasteiger charge is -2.16. The number of anilines is 1. The largest absolute Gasteiger partial charge is 0.326 e. The highest BCUT2D eigenvalue weighted by Crippen LogP contribution is 2.24. The van der Waals surface area contributed by atoms with Gasteiger partial charge in [-0.15, -0.1) is 0 Å². The minimum Gasteiger partial charge on any atom is -0.326 e. The third-order valence-electron chi connectivity index (χ3n) is 3.73. The van der Waals surface area contributed by atoms with E-state index in [1.807, 2.05) is 38.1 Å². The normalized spacial score (nSPS) is 17.8. The molecular formula is C17H20N2O. The summed E-state index contributed by atoms with van der Waals surface area (Å²) in [6.07, 6.45) is 6.95. The molecule has 1 aromatic carbocycles. The molecule has 1 aromatic rings. The van der Waals surface area contributed by atoms with Crippen LogP contribution in [0.3, 0.4) is 0 Å². The van der Waals surface area contributed by atoms with Crippen molar-refractivity contribution in [3.63, 3.8) is 0 Å². The van der Waals surface area contributed by atoms with Gasteiger partial charge in [-0.3, -0.25) is 4.79 Å². The van der Waals surface area contributed by atoms with E-state index in [-0.39, 0.29) is 5.91 Å². The fourth-order valence-electron chi connectivity index (χ4n) is 2.35. The molecule has 0 aliphatic heterocycles. The van der Waals surface area contributed by atoms with E-state index in [4.69, 9.17) is 5.26 Å². The van der Waals surface area contributed by atoms with Gasteiger partial charge in [0.05, 0.1) is 11.5 Å². The number of hydrogen-bond acceptors (Lipinski definition) is 2. The molecule has 0 bridgehead atoms. The fourth-order valence-corrected chi connectivity index (χ4v) is 2.35. The van der Waals surface area contributed by atoms with E-state index in [0.29, 0.717) is 12.3 Å². The van der Waals surface area contributed by atoms with Gasteiger partial charge in [-0.25, -0.2) is 0 Å². The lowest BCUT2D eigenvalue weighted by Crippen LogP contribution is -2.16. The Morgan fingerprint density at radius 2 is 2.10 bits per heavy atom. The van der Waals surface area contributed by atoms with Crippen molar-refractivity contribution in [1.29, 1.82) is 5.26 Å². The maximum Gasteiger partial charge on any atom is 0.224 e. The molecule has 1 aliphatic rings. The summed E-state index contributed by atoms with van der Waals surface area (Å²) >= 11 is 0. The van der Waals surface area contributed by atoms with Crippen molar-refractivity contribution in [2.75, 3.05) is 5.32 Å². The number of nitrogens with zero attached hydrogens (tertiary/aromatic N) is 1. The predicted octanol–water partition coefficient (Wildman–Crippen LogP) is 3.78. The van der Waals surface area contributed by atoms with Gasteiger partial charge in [-0.05, 0) is 50.3 Å².